The van der Waals surface area contributed by atoms with Gasteiger partial charge in [0.15, 0.2) is 11.5 Å². The quantitative estimate of drug-likeness (QED) is 0.861. The van der Waals surface area contributed by atoms with E-state index in [1.807, 2.05) is 18.2 Å². The molecule has 1 atom stereocenters. The maximum atomic E-state index is 5.77. The first kappa shape index (κ1) is 14.9. The van der Waals surface area contributed by atoms with Crippen LogP contribution in [0.25, 0.3) is 0 Å². The van der Waals surface area contributed by atoms with Gasteiger partial charge in [-0.2, -0.15) is 0 Å². The van der Waals surface area contributed by atoms with Crippen molar-refractivity contribution in [3.05, 3.63) is 18.2 Å². The lowest BCUT2D eigenvalue weighted by Crippen LogP contribution is -2.45. The van der Waals surface area contributed by atoms with E-state index in [4.69, 9.17) is 14.2 Å². The Kier molecular flexibility index (Phi) is 5.49. The first-order valence-electron chi connectivity index (χ1n) is 7.06. The summed E-state index contributed by atoms with van der Waals surface area (Å²) >= 11 is 0. The van der Waals surface area contributed by atoms with Crippen molar-refractivity contribution in [1.29, 1.82) is 0 Å². The Labute approximate surface area is 120 Å². The van der Waals surface area contributed by atoms with E-state index < -0.39 is 0 Å². The van der Waals surface area contributed by atoms with Gasteiger partial charge >= 0.3 is 0 Å². The summed E-state index contributed by atoms with van der Waals surface area (Å²) in [4.78, 5) is 2.41. The van der Waals surface area contributed by atoms with Gasteiger partial charge in [0.25, 0.3) is 0 Å². The Morgan fingerprint density at radius 3 is 2.80 bits per heavy atom. The van der Waals surface area contributed by atoms with Gasteiger partial charge in [-0.05, 0) is 18.7 Å². The number of rotatable bonds is 6. The fraction of sp³-hybridized carbons (Fsp3) is 0.600. The van der Waals surface area contributed by atoms with Crippen LogP contribution in [0.2, 0.25) is 0 Å². The molecule has 0 radical (unpaired) electrons. The predicted molar refractivity (Wildman–Crippen MR) is 79.9 cm³/mol. The number of morpholine rings is 1. The maximum absolute atomic E-state index is 5.77. The van der Waals surface area contributed by atoms with Crippen molar-refractivity contribution in [2.45, 2.75) is 13.0 Å². The lowest BCUT2D eigenvalue weighted by Gasteiger charge is -2.32. The van der Waals surface area contributed by atoms with Crippen LogP contribution in [0.1, 0.15) is 6.92 Å². The summed E-state index contributed by atoms with van der Waals surface area (Å²) in [5.74, 6) is 1.47. The highest BCUT2D eigenvalue weighted by Crippen LogP contribution is 2.29. The van der Waals surface area contributed by atoms with Gasteiger partial charge < -0.3 is 19.5 Å². The van der Waals surface area contributed by atoms with E-state index in [-0.39, 0.29) is 6.10 Å². The Morgan fingerprint density at radius 2 is 2.10 bits per heavy atom. The van der Waals surface area contributed by atoms with Gasteiger partial charge in [-0.3, -0.25) is 4.90 Å². The van der Waals surface area contributed by atoms with E-state index in [1.54, 1.807) is 14.2 Å². The van der Waals surface area contributed by atoms with Crippen molar-refractivity contribution in [2.75, 3.05) is 52.3 Å². The molecule has 0 spiro atoms. The van der Waals surface area contributed by atoms with Crippen LogP contribution >= 0.6 is 0 Å². The first-order valence-corrected chi connectivity index (χ1v) is 7.06. The zero-order valence-electron chi connectivity index (χ0n) is 12.5. The molecule has 0 amide bonds. The van der Waals surface area contributed by atoms with Gasteiger partial charge in [-0.1, -0.05) is 6.92 Å². The molecule has 20 heavy (non-hydrogen) atoms. The van der Waals surface area contributed by atoms with Crippen LogP contribution in [0.15, 0.2) is 18.2 Å². The van der Waals surface area contributed by atoms with Crippen LogP contribution in [0.5, 0.6) is 11.5 Å². The van der Waals surface area contributed by atoms with Gasteiger partial charge in [-0.25, -0.2) is 0 Å². The molecule has 1 N–H and O–H groups in total. The Hall–Kier alpha value is -1.46. The molecular weight excluding hydrogens is 256 g/mol. The smallest absolute Gasteiger partial charge is 0.162 e. The molecule has 1 saturated heterocycles. The third-order valence-electron chi connectivity index (χ3n) is 3.59. The minimum Gasteiger partial charge on any atom is -0.493 e. The summed E-state index contributed by atoms with van der Waals surface area (Å²) in [7, 11) is 3.28. The summed E-state index contributed by atoms with van der Waals surface area (Å²) in [5, 5.41) is 3.40. The molecule has 1 unspecified atom stereocenters. The second kappa shape index (κ2) is 7.36. The van der Waals surface area contributed by atoms with Gasteiger partial charge in [-0.15, -0.1) is 0 Å². The highest BCUT2D eigenvalue weighted by Gasteiger charge is 2.18. The van der Waals surface area contributed by atoms with Crippen molar-refractivity contribution < 1.29 is 14.2 Å². The summed E-state index contributed by atoms with van der Waals surface area (Å²) in [6.07, 6.45) is 0.233. The molecule has 0 aromatic heterocycles. The minimum absolute atomic E-state index is 0.233. The van der Waals surface area contributed by atoms with Gasteiger partial charge in [0.1, 0.15) is 0 Å². The summed E-state index contributed by atoms with van der Waals surface area (Å²) < 4.78 is 16.3. The Morgan fingerprint density at radius 1 is 1.30 bits per heavy atom. The average molecular weight is 280 g/mol. The van der Waals surface area contributed by atoms with E-state index in [0.29, 0.717) is 0 Å². The van der Waals surface area contributed by atoms with Crippen LogP contribution in [0.4, 0.5) is 5.69 Å². The highest BCUT2D eigenvalue weighted by atomic mass is 16.5. The van der Waals surface area contributed by atoms with Crippen LogP contribution in [0.3, 0.4) is 0 Å². The number of benzene rings is 1. The second-order valence-electron chi connectivity index (χ2n) is 4.84. The molecule has 1 fully saturated rings. The number of nitrogens with zero attached hydrogens (tertiary/aromatic N) is 1. The largest absolute Gasteiger partial charge is 0.493 e. The first-order chi connectivity index (χ1) is 9.76. The van der Waals surface area contributed by atoms with Crippen LogP contribution in [0, 0.1) is 0 Å². The molecule has 1 aliphatic rings. The molecule has 2 rings (SSSR count). The number of methoxy groups -OCH3 is 2. The molecule has 0 bridgehead atoms. The average Bonchev–Trinajstić information content (AvgIpc) is 2.52. The monoisotopic (exact) mass is 280 g/mol. The zero-order valence-corrected chi connectivity index (χ0v) is 12.5. The van der Waals surface area contributed by atoms with Crippen LogP contribution in [-0.2, 0) is 4.74 Å². The second-order valence-corrected chi connectivity index (χ2v) is 4.84. The number of anilines is 1. The molecule has 1 heterocycles. The Balaban J connectivity index is 1.90. The molecule has 5 nitrogen and oxygen atoms in total. The van der Waals surface area contributed by atoms with Gasteiger partial charge in [0, 0.05) is 31.4 Å². The third-order valence-corrected chi connectivity index (χ3v) is 3.59. The maximum Gasteiger partial charge on any atom is 0.162 e. The molecule has 112 valence electrons. The van der Waals surface area contributed by atoms with Crippen LogP contribution < -0.4 is 14.8 Å². The minimum atomic E-state index is 0.233. The SMILES string of the molecule is CCN1CCOC(CNc2ccc(OC)c(OC)c2)C1. The van der Waals surface area contributed by atoms with E-state index in [9.17, 15) is 0 Å². The van der Waals surface area contributed by atoms with Crippen molar-refractivity contribution in [3.8, 4) is 11.5 Å². The number of hydrogen-bond donors (Lipinski definition) is 1. The molecule has 1 aliphatic heterocycles. The van der Waals surface area contributed by atoms with Crippen molar-refractivity contribution in [1.82, 2.24) is 4.90 Å². The van der Waals surface area contributed by atoms with Crippen molar-refractivity contribution in [3.63, 3.8) is 0 Å². The van der Waals surface area contributed by atoms with E-state index in [0.717, 1.165) is 50.0 Å². The topological polar surface area (TPSA) is 43.0 Å². The van der Waals surface area contributed by atoms with Gasteiger partial charge in [0.2, 0.25) is 0 Å². The highest BCUT2D eigenvalue weighted by molar-refractivity contribution is 5.54. The summed E-state index contributed by atoms with van der Waals surface area (Å²) in [5.41, 5.74) is 1.01. The Bertz CT molecular complexity index is 426. The molecule has 0 saturated carbocycles. The standard InChI is InChI=1S/C15H24N2O3/c1-4-17-7-8-20-13(11-17)10-16-12-5-6-14(18-2)15(9-12)19-3/h5-6,9,13,16H,4,7-8,10-11H2,1-3H3. The molecule has 1 aromatic rings. The van der Waals surface area contributed by atoms with Gasteiger partial charge in [0.05, 0.1) is 26.9 Å². The summed E-state index contributed by atoms with van der Waals surface area (Å²) in [6.45, 7) is 6.89. The molecular formula is C15H24N2O3. The lowest BCUT2D eigenvalue weighted by atomic mass is 10.2. The van der Waals surface area contributed by atoms with Crippen molar-refractivity contribution >= 4 is 5.69 Å². The van der Waals surface area contributed by atoms with E-state index >= 15 is 0 Å². The van der Waals surface area contributed by atoms with Crippen LogP contribution in [-0.4, -0.2) is 58.0 Å². The van der Waals surface area contributed by atoms with Crippen molar-refractivity contribution in [2.24, 2.45) is 0 Å². The number of ether oxygens (including phenoxy) is 3. The predicted octanol–water partition coefficient (Wildman–Crippen LogP) is 1.84. The van der Waals surface area contributed by atoms with E-state index in [1.165, 1.54) is 0 Å². The fourth-order valence-corrected chi connectivity index (χ4v) is 2.37. The normalized spacial score (nSPS) is 19.6. The fourth-order valence-electron chi connectivity index (χ4n) is 2.37. The third kappa shape index (κ3) is 3.77. The zero-order chi connectivity index (χ0) is 14.4. The molecule has 5 heteroatoms. The van der Waals surface area contributed by atoms with E-state index in [2.05, 4.69) is 17.1 Å². The number of likely N-dealkylation sites (N-methyl/N-ethyl adjacent to an activating group) is 1. The number of nitrogens with one attached hydrogen (secondary N) is 1. The number of hydrogen-bond acceptors (Lipinski definition) is 5. The molecule has 0 aliphatic carbocycles. The lowest BCUT2D eigenvalue weighted by molar-refractivity contribution is -0.0191. The molecule has 1 aromatic carbocycles. The summed E-state index contributed by atoms with van der Waals surface area (Å²) in [6, 6.07) is 5.84.